The molecule has 0 aliphatic heterocycles. The number of rotatable bonds is 6. The van der Waals surface area contributed by atoms with Crippen molar-refractivity contribution in [3.63, 3.8) is 0 Å². The Morgan fingerprint density at radius 2 is 1.88 bits per heavy atom. The Labute approximate surface area is 152 Å². The first-order chi connectivity index (χ1) is 11.6. The monoisotopic (exact) mass is 431 g/mol. The second-order valence-electron chi connectivity index (χ2n) is 5.32. The zero-order valence-electron chi connectivity index (χ0n) is 13.1. The maximum atomic E-state index is 13.3. The molecule has 0 spiro atoms. The molecule has 2 N–H and O–H groups in total. The number of sulfonamides is 1. The lowest BCUT2D eigenvalue weighted by Gasteiger charge is -2.21. The fourth-order valence-electron chi connectivity index (χ4n) is 2.14. The molecule has 0 radical (unpaired) electrons. The van der Waals surface area contributed by atoms with Crippen molar-refractivity contribution in [3.05, 3.63) is 68.4 Å². The van der Waals surface area contributed by atoms with E-state index in [1.807, 2.05) is 0 Å². The van der Waals surface area contributed by atoms with Gasteiger partial charge in [-0.3, -0.25) is 10.1 Å². The third-order valence-electron chi connectivity index (χ3n) is 3.58. The summed E-state index contributed by atoms with van der Waals surface area (Å²) in [5.74, 6) is -0.442. The van der Waals surface area contributed by atoms with Crippen LogP contribution < -0.4 is 5.73 Å². The number of likely N-dealkylation sites (N-methyl/N-ethyl adjacent to an activating group) is 1. The third-order valence-corrected chi connectivity index (χ3v) is 6.03. The summed E-state index contributed by atoms with van der Waals surface area (Å²) in [6.45, 7) is -0.0443. The molecule has 1 atom stereocenters. The van der Waals surface area contributed by atoms with Gasteiger partial charge >= 0.3 is 0 Å². The van der Waals surface area contributed by atoms with Crippen LogP contribution in [-0.4, -0.2) is 31.2 Å². The fourth-order valence-corrected chi connectivity index (χ4v) is 3.74. The van der Waals surface area contributed by atoms with E-state index in [4.69, 9.17) is 5.73 Å². The van der Waals surface area contributed by atoms with Crippen molar-refractivity contribution in [2.24, 2.45) is 5.73 Å². The third kappa shape index (κ3) is 4.40. The number of nitro groups is 1. The summed E-state index contributed by atoms with van der Waals surface area (Å²) in [5, 5.41) is 10.6. The predicted molar refractivity (Wildman–Crippen MR) is 93.9 cm³/mol. The number of non-ortho nitro benzene ring substituents is 1. The Bertz CT molecular complexity index is 890. The Morgan fingerprint density at radius 1 is 1.28 bits per heavy atom. The van der Waals surface area contributed by atoms with Crippen LogP contribution >= 0.6 is 15.9 Å². The summed E-state index contributed by atoms with van der Waals surface area (Å²) in [5.41, 5.74) is 6.38. The summed E-state index contributed by atoms with van der Waals surface area (Å²) in [4.78, 5) is 9.96. The molecule has 0 aliphatic carbocycles. The van der Waals surface area contributed by atoms with Crippen LogP contribution in [0.4, 0.5) is 10.1 Å². The molecule has 0 saturated heterocycles. The van der Waals surface area contributed by atoms with Crippen LogP contribution in [0.15, 0.2) is 51.8 Å². The highest BCUT2D eigenvalue weighted by Gasteiger charge is 2.24. The summed E-state index contributed by atoms with van der Waals surface area (Å²) in [7, 11) is -2.50. The van der Waals surface area contributed by atoms with Gasteiger partial charge in [0.15, 0.2) is 0 Å². The molecule has 0 aliphatic rings. The van der Waals surface area contributed by atoms with Gasteiger partial charge in [0.05, 0.1) is 14.3 Å². The number of nitro benzene ring substituents is 1. The molecule has 0 amide bonds. The minimum atomic E-state index is -3.86. The molecule has 1 unspecified atom stereocenters. The van der Waals surface area contributed by atoms with Gasteiger partial charge in [-0.15, -0.1) is 0 Å². The van der Waals surface area contributed by atoms with Crippen molar-refractivity contribution >= 4 is 31.6 Å². The topological polar surface area (TPSA) is 107 Å². The van der Waals surface area contributed by atoms with Crippen molar-refractivity contribution in [2.45, 2.75) is 10.9 Å². The van der Waals surface area contributed by atoms with Crippen LogP contribution in [-0.2, 0) is 10.0 Å². The molecule has 7 nitrogen and oxygen atoms in total. The summed E-state index contributed by atoms with van der Waals surface area (Å²) in [6, 6.07) is 8.13. The van der Waals surface area contributed by atoms with Crippen molar-refractivity contribution in [1.29, 1.82) is 0 Å². The van der Waals surface area contributed by atoms with Crippen molar-refractivity contribution in [3.8, 4) is 0 Å². The lowest BCUT2D eigenvalue weighted by atomic mass is 10.1. The number of nitrogens with zero attached hydrogens (tertiary/aromatic N) is 2. The average Bonchev–Trinajstić information content (AvgIpc) is 2.57. The first-order valence-electron chi connectivity index (χ1n) is 7.04. The zero-order valence-corrected chi connectivity index (χ0v) is 15.5. The summed E-state index contributed by atoms with van der Waals surface area (Å²) >= 11 is 3.06. The lowest BCUT2D eigenvalue weighted by Crippen LogP contribution is -2.34. The number of hydrogen-bond donors (Lipinski definition) is 1. The van der Waals surface area contributed by atoms with E-state index in [0.717, 1.165) is 16.4 Å². The molecule has 2 aromatic carbocycles. The quantitative estimate of drug-likeness (QED) is 0.558. The van der Waals surface area contributed by atoms with Crippen LogP contribution in [0.1, 0.15) is 11.6 Å². The normalized spacial score (nSPS) is 13.0. The van der Waals surface area contributed by atoms with E-state index < -0.39 is 26.8 Å². The van der Waals surface area contributed by atoms with Gasteiger partial charge in [-0.05, 0) is 45.8 Å². The summed E-state index contributed by atoms with van der Waals surface area (Å²) in [6.07, 6.45) is 0. The van der Waals surface area contributed by atoms with Crippen LogP contribution in [0.3, 0.4) is 0 Å². The molecule has 0 aromatic heterocycles. The molecule has 2 rings (SSSR count). The summed E-state index contributed by atoms with van der Waals surface area (Å²) < 4.78 is 39.6. The first kappa shape index (κ1) is 19.4. The molecule has 25 heavy (non-hydrogen) atoms. The number of benzene rings is 2. The molecule has 0 fully saturated rings. The van der Waals surface area contributed by atoms with Gasteiger partial charge in [0.1, 0.15) is 5.82 Å². The van der Waals surface area contributed by atoms with Crippen LogP contribution in [0.25, 0.3) is 0 Å². The molecular formula is C15H15BrFN3O4S. The highest BCUT2D eigenvalue weighted by Crippen LogP contribution is 2.23. The van der Waals surface area contributed by atoms with Crippen molar-refractivity contribution in [1.82, 2.24) is 4.31 Å². The van der Waals surface area contributed by atoms with E-state index >= 15 is 0 Å². The zero-order chi connectivity index (χ0) is 18.8. The molecule has 134 valence electrons. The molecule has 2 aromatic rings. The fraction of sp³-hybridized carbons (Fsp3) is 0.200. The minimum absolute atomic E-state index is 0.0443. The maximum Gasteiger partial charge on any atom is 0.269 e. The van der Waals surface area contributed by atoms with Gasteiger partial charge in [-0.1, -0.05) is 6.07 Å². The van der Waals surface area contributed by atoms with Crippen LogP contribution in [0, 0.1) is 15.9 Å². The van der Waals surface area contributed by atoms with Crippen LogP contribution in [0.5, 0.6) is 0 Å². The van der Waals surface area contributed by atoms with Gasteiger partial charge in [0.2, 0.25) is 10.0 Å². The molecule has 0 heterocycles. The van der Waals surface area contributed by atoms with Gasteiger partial charge in [-0.25, -0.2) is 12.8 Å². The number of nitrogens with two attached hydrogens (primary N) is 1. The van der Waals surface area contributed by atoms with Gasteiger partial charge in [-0.2, -0.15) is 4.31 Å². The van der Waals surface area contributed by atoms with Crippen molar-refractivity contribution in [2.75, 3.05) is 13.6 Å². The van der Waals surface area contributed by atoms with Gasteiger partial charge in [0.25, 0.3) is 5.69 Å². The van der Waals surface area contributed by atoms with Gasteiger partial charge in [0, 0.05) is 31.8 Å². The minimum Gasteiger partial charge on any atom is -0.323 e. The maximum absolute atomic E-state index is 13.3. The smallest absolute Gasteiger partial charge is 0.269 e. The van der Waals surface area contributed by atoms with Gasteiger partial charge < -0.3 is 5.73 Å². The standard InChI is InChI=1S/C15H15BrFN3O4S/c1-19(9-15(18)10-2-7-14(17)13(16)8-10)25(23,24)12-5-3-11(4-6-12)20(21)22/h2-8,15H,9,18H2,1H3. The number of halogens is 2. The van der Waals surface area contributed by atoms with Crippen molar-refractivity contribution < 1.29 is 17.7 Å². The Kier molecular flexibility index (Phi) is 5.88. The van der Waals surface area contributed by atoms with E-state index in [9.17, 15) is 22.9 Å². The Balaban J connectivity index is 2.18. The second-order valence-corrected chi connectivity index (χ2v) is 8.22. The average molecular weight is 432 g/mol. The Hall–Kier alpha value is -1.88. The van der Waals surface area contributed by atoms with E-state index in [1.165, 1.54) is 37.4 Å². The van der Waals surface area contributed by atoms with E-state index in [0.29, 0.717) is 5.56 Å². The first-order valence-corrected chi connectivity index (χ1v) is 9.27. The van der Waals surface area contributed by atoms with E-state index in [-0.39, 0.29) is 21.6 Å². The highest BCUT2D eigenvalue weighted by molar-refractivity contribution is 9.10. The highest BCUT2D eigenvalue weighted by atomic mass is 79.9. The largest absolute Gasteiger partial charge is 0.323 e. The van der Waals surface area contributed by atoms with E-state index in [1.54, 1.807) is 0 Å². The molecule has 0 saturated carbocycles. The molecule has 10 heteroatoms. The molecule has 0 bridgehead atoms. The number of hydrogen-bond acceptors (Lipinski definition) is 5. The SMILES string of the molecule is CN(CC(N)c1ccc(F)c(Br)c1)S(=O)(=O)c1ccc([N+](=O)[O-])cc1. The lowest BCUT2D eigenvalue weighted by molar-refractivity contribution is -0.384. The second kappa shape index (κ2) is 7.56. The van der Waals surface area contributed by atoms with E-state index in [2.05, 4.69) is 15.9 Å². The Morgan fingerprint density at radius 3 is 2.40 bits per heavy atom. The predicted octanol–water partition coefficient (Wildman–Crippen LogP) is 2.82. The van der Waals surface area contributed by atoms with Crippen LogP contribution in [0.2, 0.25) is 0 Å². The molecular weight excluding hydrogens is 417 g/mol.